The molecule has 2 aliphatic rings. The largest absolute Gasteiger partial charge is 0.380 e. The molecule has 0 saturated carbocycles. The fraction of sp³-hybridized carbons (Fsp3) is 0.933. The molecule has 0 unspecified atom stereocenters. The summed E-state index contributed by atoms with van der Waals surface area (Å²) in [6.45, 7) is 13.2. The van der Waals surface area contributed by atoms with Crippen molar-refractivity contribution in [2.24, 2.45) is 11.3 Å². The standard InChI is InChI=1S/C14H26N2O2.CH4/c1-12(2)8-13(17)16-6-4-15(5-7-16)9-14(3)10-18-11-14;/h12H,4-11H2,1-3H3;1H4. The molecule has 2 fully saturated rings. The van der Waals surface area contributed by atoms with Gasteiger partial charge in [0.2, 0.25) is 5.91 Å². The van der Waals surface area contributed by atoms with Crippen molar-refractivity contribution in [2.45, 2.75) is 34.6 Å². The zero-order valence-corrected chi connectivity index (χ0v) is 11.9. The van der Waals surface area contributed by atoms with E-state index in [0.717, 1.165) is 45.9 Å². The van der Waals surface area contributed by atoms with Crippen molar-refractivity contribution in [3.05, 3.63) is 0 Å². The number of nitrogens with zero attached hydrogens (tertiary/aromatic N) is 2. The number of carbonyl (C=O) groups excluding carboxylic acids is 1. The van der Waals surface area contributed by atoms with Crippen LogP contribution in [-0.2, 0) is 9.53 Å². The Hall–Kier alpha value is -0.610. The maximum Gasteiger partial charge on any atom is 0.222 e. The Bertz CT molecular complexity index is 293. The monoisotopic (exact) mass is 270 g/mol. The minimum atomic E-state index is 0. The van der Waals surface area contributed by atoms with Crippen LogP contribution in [0.25, 0.3) is 0 Å². The third-order valence-electron chi connectivity index (χ3n) is 3.81. The van der Waals surface area contributed by atoms with Gasteiger partial charge in [-0.05, 0) is 5.92 Å². The molecule has 0 aromatic carbocycles. The topological polar surface area (TPSA) is 32.8 Å². The molecule has 0 bridgehead atoms. The predicted octanol–water partition coefficient (Wildman–Crippen LogP) is 1.85. The lowest BCUT2D eigenvalue weighted by Crippen LogP contribution is -2.55. The molecule has 2 rings (SSSR count). The van der Waals surface area contributed by atoms with E-state index in [9.17, 15) is 4.79 Å². The molecule has 2 heterocycles. The Kier molecular flexibility index (Phi) is 5.81. The quantitative estimate of drug-likeness (QED) is 0.781. The summed E-state index contributed by atoms with van der Waals surface area (Å²) in [4.78, 5) is 16.5. The Morgan fingerprint density at radius 2 is 1.79 bits per heavy atom. The molecule has 0 aromatic rings. The second kappa shape index (κ2) is 6.71. The molecule has 2 saturated heterocycles. The number of amides is 1. The molecular formula is C15H30N2O2. The van der Waals surface area contributed by atoms with Crippen molar-refractivity contribution in [3.8, 4) is 0 Å². The zero-order valence-electron chi connectivity index (χ0n) is 11.9. The average molecular weight is 270 g/mol. The van der Waals surface area contributed by atoms with Gasteiger partial charge in [-0.1, -0.05) is 28.2 Å². The molecule has 0 aromatic heterocycles. The highest BCUT2D eigenvalue weighted by molar-refractivity contribution is 5.76. The van der Waals surface area contributed by atoms with Crippen molar-refractivity contribution in [1.29, 1.82) is 0 Å². The SMILES string of the molecule is C.CC(C)CC(=O)N1CCN(CC2(C)COC2)CC1. The molecule has 4 nitrogen and oxygen atoms in total. The summed E-state index contributed by atoms with van der Waals surface area (Å²) < 4.78 is 5.29. The lowest BCUT2D eigenvalue weighted by atomic mass is 9.88. The molecule has 0 atom stereocenters. The Morgan fingerprint density at radius 3 is 2.21 bits per heavy atom. The van der Waals surface area contributed by atoms with E-state index in [0.29, 0.717) is 23.7 Å². The summed E-state index contributed by atoms with van der Waals surface area (Å²) in [5, 5.41) is 0. The van der Waals surface area contributed by atoms with Crippen molar-refractivity contribution >= 4 is 5.91 Å². The summed E-state index contributed by atoms with van der Waals surface area (Å²) in [5.41, 5.74) is 0.351. The first-order valence-corrected chi connectivity index (χ1v) is 7.06. The van der Waals surface area contributed by atoms with Crippen LogP contribution in [-0.4, -0.2) is 61.6 Å². The molecule has 0 spiro atoms. The van der Waals surface area contributed by atoms with Crippen molar-refractivity contribution in [3.63, 3.8) is 0 Å². The number of carbonyl (C=O) groups is 1. The fourth-order valence-electron chi connectivity index (χ4n) is 2.72. The van der Waals surface area contributed by atoms with Crippen molar-refractivity contribution in [2.75, 3.05) is 45.9 Å². The Balaban J connectivity index is 0.00000180. The van der Waals surface area contributed by atoms with Crippen LogP contribution in [0.3, 0.4) is 0 Å². The summed E-state index contributed by atoms with van der Waals surface area (Å²) in [6.07, 6.45) is 0.686. The predicted molar refractivity (Wildman–Crippen MR) is 78.1 cm³/mol. The van der Waals surface area contributed by atoms with E-state index >= 15 is 0 Å². The molecule has 0 N–H and O–H groups in total. The van der Waals surface area contributed by atoms with Gasteiger partial charge in [0.1, 0.15) is 0 Å². The highest BCUT2D eigenvalue weighted by Gasteiger charge is 2.36. The van der Waals surface area contributed by atoms with Gasteiger partial charge in [-0.25, -0.2) is 0 Å². The third kappa shape index (κ3) is 4.46. The molecule has 0 radical (unpaired) electrons. The first kappa shape index (κ1) is 16.4. The number of hydrogen-bond donors (Lipinski definition) is 0. The maximum absolute atomic E-state index is 12.0. The highest BCUT2D eigenvalue weighted by atomic mass is 16.5. The molecule has 0 aliphatic carbocycles. The Labute approximate surface area is 118 Å². The van der Waals surface area contributed by atoms with E-state index < -0.39 is 0 Å². The van der Waals surface area contributed by atoms with Crippen molar-refractivity contribution in [1.82, 2.24) is 9.80 Å². The van der Waals surface area contributed by atoms with Gasteiger partial charge in [0.05, 0.1) is 13.2 Å². The van der Waals surface area contributed by atoms with Gasteiger partial charge in [-0.3, -0.25) is 9.69 Å². The van der Waals surface area contributed by atoms with Crippen molar-refractivity contribution < 1.29 is 9.53 Å². The second-order valence-corrected chi connectivity index (χ2v) is 6.56. The number of hydrogen-bond acceptors (Lipinski definition) is 3. The van der Waals surface area contributed by atoms with E-state index in [1.54, 1.807) is 0 Å². The van der Waals surface area contributed by atoms with E-state index in [2.05, 4.69) is 25.7 Å². The van der Waals surface area contributed by atoms with E-state index in [1.807, 2.05) is 4.90 Å². The average Bonchev–Trinajstić information content (AvgIpc) is 2.27. The molecule has 4 heteroatoms. The van der Waals surface area contributed by atoms with Crippen LogP contribution in [0, 0.1) is 11.3 Å². The van der Waals surface area contributed by atoms with Crippen LogP contribution in [0.15, 0.2) is 0 Å². The minimum absolute atomic E-state index is 0. The van der Waals surface area contributed by atoms with Crippen LogP contribution >= 0.6 is 0 Å². The summed E-state index contributed by atoms with van der Waals surface area (Å²) >= 11 is 0. The lowest BCUT2D eigenvalue weighted by molar-refractivity contribution is -0.136. The zero-order chi connectivity index (χ0) is 13.2. The normalized spacial score (nSPS) is 22.8. The van der Waals surface area contributed by atoms with Gasteiger partial charge >= 0.3 is 0 Å². The molecule has 2 aliphatic heterocycles. The molecular weight excluding hydrogens is 240 g/mol. The molecule has 19 heavy (non-hydrogen) atoms. The van der Waals surface area contributed by atoms with E-state index in [4.69, 9.17) is 4.74 Å². The summed E-state index contributed by atoms with van der Waals surface area (Å²) in [7, 11) is 0. The van der Waals surface area contributed by atoms with Crippen LogP contribution in [0.5, 0.6) is 0 Å². The van der Waals surface area contributed by atoms with E-state index in [1.165, 1.54) is 0 Å². The van der Waals surface area contributed by atoms with Gasteiger partial charge in [-0.15, -0.1) is 0 Å². The van der Waals surface area contributed by atoms with Crippen LogP contribution in [0.4, 0.5) is 0 Å². The molecule has 1 amide bonds. The molecule has 112 valence electrons. The first-order chi connectivity index (χ1) is 8.48. The fourth-order valence-corrected chi connectivity index (χ4v) is 2.72. The smallest absolute Gasteiger partial charge is 0.222 e. The van der Waals surface area contributed by atoms with Gasteiger partial charge < -0.3 is 9.64 Å². The lowest BCUT2D eigenvalue weighted by Gasteiger charge is -2.44. The minimum Gasteiger partial charge on any atom is -0.380 e. The van der Waals surface area contributed by atoms with Crippen LogP contribution < -0.4 is 0 Å². The summed E-state index contributed by atoms with van der Waals surface area (Å²) in [5.74, 6) is 0.782. The van der Waals surface area contributed by atoms with E-state index in [-0.39, 0.29) is 7.43 Å². The second-order valence-electron chi connectivity index (χ2n) is 6.56. The number of rotatable bonds is 4. The van der Waals surface area contributed by atoms with Gasteiger partial charge in [0, 0.05) is 44.6 Å². The number of ether oxygens (including phenoxy) is 1. The Morgan fingerprint density at radius 1 is 1.21 bits per heavy atom. The summed E-state index contributed by atoms with van der Waals surface area (Å²) in [6, 6.07) is 0. The van der Waals surface area contributed by atoms with Crippen LogP contribution in [0.2, 0.25) is 0 Å². The van der Waals surface area contributed by atoms with Gasteiger partial charge in [-0.2, -0.15) is 0 Å². The maximum atomic E-state index is 12.0. The van der Waals surface area contributed by atoms with Crippen LogP contribution in [0.1, 0.15) is 34.6 Å². The first-order valence-electron chi connectivity index (χ1n) is 7.06. The van der Waals surface area contributed by atoms with Gasteiger partial charge in [0.15, 0.2) is 0 Å². The van der Waals surface area contributed by atoms with Gasteiger partial charge in [0.25, 0.3) is 0 Å². The third-order valence-corrected chi connectivity index (χ3v) is 3.81. The highest BCUT2D eigenvalue weighted by Crippen LogP contribution is 2.27. The number of piperazine rings is 1.